The van der Waals surface area contributed by atoms with Gasteiger partial charge in [0.25, 0.3) is 10.0 Å². The van der Waals surface area contributed by atoms with Gasteiger partial charge in [0.15, 0.2) is 5.15 Å². The van der Waals surface area contributed by atoms with Crippen molar-refractivity contribution in [3.63, 3.8) is 0 Å². The smallest absolute Gasteiger partial charge is 0.264 e. The molecule has 156 valence electrons. The van der Waals surface area contributed by atoms with Crippen LogP contribution in [0.4, 0.5) is 20.2 Å². The normalized spacial score (nSPS) is 11.3. The van der Waals surface area contributed by atoms with Gasteiger partial charge in [-0.25, -0.2) is 26.7 Å². The molecule has 0 unspecified atom stereocenters. The third kappa shape index (κ3) is 3.99. The van der Waals surface area contributed by atoms with Crippen LogP contribution in [-0.2, 0) is 10.0 Å². The lowest BCUT2D eigenvalue weighted by Crippen LogP contribution is -2.15. The van der Waals surface area contributed by atoms with Crippen LogP contribution in [0.25, 0.3) is 27.1 Å². The lowest BCUT2D eigenvalue weighted by molar-refractivity contribution is 0.551. The maximum Gasteiger partial charge on any atom is 0.264 e. The number of hydrogen-bond acceptors (Lipinski definition) is 5. The van der Waals surface area contributed by atoms with Crippen molar-refractivity contribution in [3.8, 4) is 11.1 Å². The first-order chi connectivity index (χ1) is 14.8. The van der Waals surface area contributed by atoms with Crippen LogP contribution >= 0.6 is 11.6 Å². The molecule has 9 nitrogen and oxygen atoms in total. The SMILES string of the molecule is [N-]=[N+]=Nc1cnn2ccc(-c3cnc(Cl)c(NS(=O)(=O)c4ccc(F)cc4F)c3)cc12. The number of aromatic nitrogens is 3. The second-order valence-corrected chi connectivity index (χ2v) is 8.22. The molecule has 0 spiro atoms. The third-order valence-corrected chi connectivity index (χ3v) is 5.95. The van der Waals surface area contributed by atoms with Gasteiger partial charge < -0.3 is 0 Å². The lowest BCUT2D eigenvalue weighted by Gasteiger charge is -2.12. The van der Waals surface area contributed by atoms with Gasteiger partial charge in [-0.3, -0.25) is 4.72 Å². The van der Waals surface area contributed by atoms with Crippen molar-refractivity contribution in [3.05, 3.63) is 82.2 Å². The number of nitrogens with zero attached hydrogens (tertiary/aromatic N) is 6. The van der Waals surface area contributed by atoms with Crippen LogP contribution in [0.15, 0.2) is 65.0 Å². The van der Waals surface area contributed by atoms with Crippen molar-refractivity contribution in [1.29, 1.82) is 0 Å². The molecule has 4 aromatic rings. The fourth-order valence-electron chi connectivity index (χ4n) is 2.84. The van der Waals surface area contributed by atoms with Crippen molar-refractivity contribution in [2.75, 3.05) is 4.72 Å². The minimum Gasteiger partial charge on any atom is -0.276 e. The molecule has 0 aliphatic carbocycles. The van der Waals surface area contributed by atoms with Crippen molar-refractivity contribution < 1.29 is 17.2 Å². The van der Waals surface area contributed by atoms with E-state index in [2.05, 4.69) is 24.8 Å². The van der Waals surface area contributed by atoms with Crippen LogP contribution < -0.4 is 4.72 Å². The van der Waals surface area contributed by atoms with E-state index < -0.39 is 26.6 Å². The Labute approximate surface area is 178 Å². The molecule has 1 N–H and O–H groups in total. The topological polar surface area (TPSA) is 125 Å². The van der Waals surface area contributed by atoms with Crippen LogP contribution in [0.5, 0.6) is 0 Å². The number of nitrogens with one attached hydrogen (secondary N) is 1. The van der Waals surface area contributed by atoms with Gasteiger partial charge in [0.05, 0.1) is 23.1 Å². The fourth-order valence-corrected chi connectivity index (χ4v) is 4.17. The highest BCUT2D eigenvalue weighted by Crippen LogP contribution is 2.31. The molecule has 0 aliphatic heterocycles. The molecule has 0 amide bonds. The van der Waals surface area contributed by atoms with E-state index in [9.17, 15) is 17.2 Å². The number of hydrogen-bond donors (Lipinski definition) is 1. The molecule has 0 aliphatic rings. The molecule has 0 fully saturated rings. The number of fused-ring (bicyclic) bond motifs is 1. The molecule has 0 saturated heterocycles. The Morgan fingerprint density at radius 3 is 2.68 bits per heavy atom. The number of sulfonamides is 1. The molecule has 13 heteroatoms. The predicted molar refractivity (Wildman–Crippen MR) is 109 cm³/mol. The highest BCUT2D eigenvalue weighted by Gasteiger charge is 2.21. The van der Waals surface area contributed by atoms with Crippen molar-refractivity contribution in [1.82, 2.24) is 14.6 Å². The summed E-state index contributed by atoms with van der Waals surface area (Å²) in [5, 5.41) is 7.45. The van der Waals surface area contributed by atoms with Crippen molar-refractivity contribution in [2.45, 2.75) is 4.90 Å². The van der Waals surface area contributed by atoms with Gasteiger partial charge in [0.2, 0.25) is 0 Å². The van der Waals surface area contributed by atoms with Gasteiger partial charge in [-0.2, -0.15) is 5.10 Å². The van der Waals surface area contributed by atoms with Gasteiger partial charge in [-0.1, -0.05) is 16.7 Å². The molecule has 0 saturated carbocycles. The maximum atomic E-state index is 14.0. The number of anilines is 1. The Balaban J connectivity index is 1.74. The fraction of sp³-hybridized carbons (Fsp3) is 0. The second-order valence-electron chi connectivity index (χ2n) is 6.21. The monoisotopic (exact) mass is 461 g/mol. The Morgan fingerprint density at radius 1 is 1.13 bits per heavy atom. The highest BCUT2D eigenvalue weighted by atomic mass is 35.5. The predicted octanol–water partition coefficient (Wildman–Crippen LogP) is 5.07. The molecule has 4 rings (SSSR count). The van der Waals surface area contributed by atoms with Crippen LogP contribution in [0.2, 0.25) is 5.15 Å². The Bertz CT molecular complexity index is 1480. The van der Waals surface area contributed by atoms with E-state index in [4.69, 9.17) is 17.1 Å². The number of rotatable bonds is 5. The first kappa shape index (κ1) is 20.5. The summed E-state index contributed by atoms with van der Waals surface area (Å²) in [6.45, 7) is 0. The number of halogens is 3. The van der Waals surface area contributed by atoms with E-state index in [0.717, 1.165) is 12.1 Å². The van der Waals surface area contributed by atoms with Gasteiger partial charge in [-0.05, 0) is 41.4 Å². The summed E-state index contributed by atoms with van der Waals surface area (Å²) in [6, 6.07) is 6.86. The van der Waals surface area contributed by atoms with Crippen LogP contribution in [0, 0.1) is 11.6 Å². The minimum atomic E-state index is -4.41. The van der Waals surface area contributed by atoms with Gasteiger partial charge >= 0.3 is 0 Å². The summed E-state index contributed by atoms with van der Waals surface area (Å²) in [6.07, 6.45) is 4.43. The Kier molecular flexibility index (Phi) is 5.19. The molecule has 31 heavy (non-hydrogen) atoms. The molecular formula is C18H10ClF2N7O2S. The second kappa shape index (κ2) is 7.84. The Hall–Kier alpha value is -3.73. The third-order valence-electron chi connectivity index (χ3n) is 4.25. The number of benzene rings is 1. The molecule has 3 aromatic heterocycles. The van der Waals surface area contributed by atoms with Crippen molar-refractivity contribution in [2.24, 2.45) is 5.11 Å². The first-order valence-electron chi connectivity index (χ1n) is 8.45. The zero-order chi connectivity index (χ0) is 22.2. The zero-order valence-electron chi connectivity index (χ0n) is 15.2. The summed E-state index contributed by atoms with van der Waals surface area (Å²) < 4.78 is 55.9. The van der Waals surface area contributed by atoms with E-state index in [1.807, 2.05) is 0 Å². The average molecular weight is 462 g/mol. The quantitative estimate of drug-likeness (QED) is 0.193. The van der Waals surface area contributed by atoms with Gasteiger partial charge in [0, 0.05) is 28.9 Å². The van der Waals surface area contributed by atoms with Gasteiger partial charge in [0.1, 0.15) is 16.5 Å². The maximum absolute atomic E-state index is 14.0. The van der Waals surface area contributed by atoms with Crippen LogP contribution in [0.3, 0.4) is 0 Å². The van der Waals surface area contributed by atoms with Crippen molar-refractivity contribution >= 4 is 38.5 Å². The molecule has 0 bridgehead atoms. The zero-order valence-corrected chi connectivity index (χ0v) is 16.8. The van der Waals surface area contributed by atoms with E-state index in [0.29, 0.717) is 28.4 Å². The summed E-state index contributed by atoms with van der Waals surface area (Å²) in [5.41, 5.74) is 10.5. The van der Waals surface area contributed by atoms with Crippen LogP contribution in [0.1, 0.15) is 0 Å². The minimum absolute atomic E-state index is 0.105. The lowest BCUT2D eigenvalue weighted by atomic mass is 10.1. The highest BCUT2D eigenvalue weighted by molar-refractivity contribution is 7.92. The molecule has 0 radical (unpaired) electrons. The summed E-state index contributed by atoms with van der Waals surface area (Å²) in [5.74, 6) is -2.15. The molecule has 1 aromatic carbocycles. The number of azide groups is 1. The summed E-state index contributed by atoms with van der Waals surface area (Å²) in [7, 11) is -4.41. The number of pyridine rings is 2. The largest absolute Gasteiger partial charge is 0.276 e. The van der Waals surface area contributed by atoms with E-state index in [1.165, 1.54) is 23.0 Å². The van der Waals surface area contributed by atoms with E-state index >= 15 is 0 Å². The standard InChI is InChI=1S/C18H10ClF2N7O2S/c19-18-14(26-31(29,30)17-2-1-12(20)7-13(17)21)5-11(8-23-18)10-3-4-28-16(6-10)15(9-24-28)25-27-22/h1-9,26H. The first-order valence-corrected chi connectivity index (χ1v) is 10.3. The van der Waals surface area contributed by atoms with E-state index in [-0.39, 0.29) is 10.8 Å². The Morgan fingerprint density at radius 2 is 1.94 bits per heavy atom. The van der Waals surface area contributed by atoms with Crippen LogP contribution in [-0.4, -0.2) is 23.0 Å². The molecular weight excluding hydrogens is 452 g/mol. The molecule has 0 atom stereocenters. The summed E-state index contributed by atoms with van der Waals surface area (Å²) >= 11 is 6.03. The van der Waals surface area contributed by atoms with E-state index in [1.54, 1.807) is 18.3 Å². The molecule has 3 heterocycles. The van der Waals surface area contributed by atoms with Gasteiger partial charge in [-0.15, -0.1) is 0 Å². The summed E-state index contributed by atoms with van der Waals surface area (Å²) in [4.78, 5) is 5.99. The average Bonchev–Trinajstić information content (AvgIpc) is 3.11.